The molecule has 1 rings (SSSR count). The van der Waals surface area contributed by atoms with Gasteiger partial charge in [-0.3, -0.25) is 0 Å². The van der Waals surface area contributed by atoms with E-state index in [0.29, 0.717) is 0 Å². The third-order valence-electron chi connectivity index (χ3n) is 2.36. The predicted molar refractivity (Wildman–Crippen MR) is 66.7 cm³/mol. The summed E-state index contributed by atoms with van der Waals surface area (Å²) in [4.78, 5) is 1.65. The SMILES string of the molecule is COc1ccc(N(C)C=C(C#N)C(O)C#N)cc1. The Morgan fingerprint density at radius 2 is 2.00 bits per heavy atom. The van der Waals surface area contributed by atoms with Gasteiger partial charge in [0.2, 0.25) is 0 Å². The highest BCUT2D eigenvalue weighted by molar-refractivity contribution is 5.52. The van der Waals surface area contributed by atoms with Gasteiger partial charge in [-0.15, -0.1) is 0 Å². The molecule has 92 valence electrons. The zero-order chi connectivity index (χ0) is 13.5. The molecule has 1 atom stereocenters. The summed E-state index contributed by atoms with van der Waals surface area (Å²) in [6.45, 7) is 0. The zero-order valence-corrected chi connectivity index (χ0v) is 10.2. The molecule has 0 fully saturated rings. The molecule has 1 unspecified atom stereocenters. The zero-order valence-electron chi connectivity index (χ0n) is 10.2. The van der Waals surface area contributed by atoms with Gasteiger partial charge in [0, 0.05) is 18.9 Å². The Labute approximate surface area is 106 Å². The molecule has 0 aliphatic carbocycles. The molecule has 5 nitrogen and oxygen atoms in total. The van der Waals surface area contributed by atoms with Crippen molar-refractivity contribution in [3.63, 3.8) is 0 Å². The van der Waals surface area contributed by atoms with Crippen LogP contribution < -0.4 is 9.64 Å². The van der Waals surface area contributed by atoms with E-state index < -0.39 is 6.10 Å². The van der Waals surface area contributed by atoms with Crippen molar-refractivity contribution in [3.05, 3.63) is 36.0 Å². The van der Waals surface area contributed by atoms with E-state index in [9.17, 15) is 5.11 Å². The van der Waals surface area contributed by atoms with E-state index in [0.717, 1.165) is 11.4 Å². The van der Waals surface area contributed by atoms with Crippen LogP contribution in [0.25, 0.3) is 0 Å². The number of nitrogens with zero attached hydrogens (tertiary/aromatic N) is 3. The lowest BCUT2D eigenvalue weighted by Crippen LogP contribution is -2.14. The summed E-state index contributed by atoms with van der Waals surface area (Å²) >= 11 is 0. The average Bonchev–Trinajstić information content (AvgIpc) is 2.43. The Morgan fingerprint density at radius 1 is 1.39 bits per heavy atom. The van der Waals surface area contributed by atoms with Crippen LogP contribution >= 0.6 is 0 Å². The van der Waals surface area contributed by atoms with Gasteiger partial charge in [-0.1, -0.05) is 0 Å². The first kappa shape index (κ1) is 13.6. The highest BCUT2D eigenvalue weighted by atomic mass is 16.5. The number of nitriles is 2. The minimum Gasteiger partial charge on any atom is -0.497 e. The third-order valence-corrected chi connectivity index (χ3v) is 2.36. The lowest BCUT2D eigenvalue weighted by Gasteiger charge is -2.15. The summed E-state index contributed by atoms with van der Waals surface area (Å²) in [6, 6.07) is 10.6. The van der Waals surface area contributed by atoms with Crippen molar-refractivity contribution in [2.45, 2.75) is 6.10 Å². The van der Waals surface area contributed by atoms with Crippen LogP contribution in [0.3, 0.4) is 0 Å². The maximum atomic E-state index is 9.30. The Kier molecular flexibility index (Phi) is 4.74. The summed E-state index contributed by atoms with van der Waals surface area (Å²) < 4.78 is 5.04. The van der Waals surface area contributed by atoms with Gasteiger partial charge in [0.05, 0.1) is 18.8 Å². The van der Waals surface area contributed by atoms with Crippen LogP contribution in [0.15, 0.2) is 36.0 Å². The van der Waals surface area contributed by atoms with E-state index in [-0.39, 0.29) is 5.57 Å². The molecule has 5 heteroatoms. The normalized spacial score (nSPS) is 12.2. The van der Waals surface area contributed by atoms with Gasteiger partial charge in [-0.25, -0.2) is 0 Å². The monoisotopic (exact) mass is 243 g/mol. The van der Waals surface area contributed by atoms with Crippen molar-refractivity contribution in [2.75, 3.05) is 19.1 Å². The topological polar surface area (TPSA) is 80.3 Å². The second-order valence-corrected chi connectivity index (χ2v) is 3.54. The molecule has 1 aromatic carbocycles. The summed E-state index contributed by atoms with van der Waals surface area (Å²) in [5.41, 5.74) is 0.810. The second-order valence-electron chi connectivity index (χ2n) is 3.54. The van der Waals surface area contributed by atoms with Crippen LogP contribution in [-0.4, -0.2) is 25.4 Å². The molecular formula is C13H13N3O2. The standard InChI is InChI=1S/C13H13N3O2/c1-16(9-10(7-14)13(17)8-15)11-3-5-12(18-2)6-4-11/h3-6,9,13,17H,1-2H3. The number of ether oxygens (including phenoxy) is 1. The number of anilines is 1. The van der Waals surface area contributed by atoms with Gasteiger partial charge >= 0.3 is 0 Å². The molecule has 0 heterocycles. The Morgan fingerprint density at radius 3 is 2.44 bits per heavy atom. The Balaban J connectivity index is 2.93. The van der Waals surface area contributed by atoms with Crippen molar-refractivity contribution >= 4 is 5.69 Å². The van der Waals surface area contributed by atoms with Gasteiger partial charge < -0.3 is 14.7 Å². The number of hydrogen-bond acceptors (Lipinski definition) is 5. The quantitative estimate of drug-likeness (QED) is 0.639. The molecule has 1 N–H and O–H groups in total. The Bertz CT molecular complexity index is 509. The number of aliphatic hydroxyl groups is 1. The van der Waals surface area contributed by atoms with E-state index >= 15 is 0 Å². The number of hydrogen-bond donors (Lipinski definition) is 1. The Hall–Kier alpha value is -2.50. The fraction of sp³-hybridized carbons (Fsp3) is 0.231. The molecule has 0 aliphatic rings. The predicted octanol–water partition coefficient (Wildman–Crippen LogP) is 1.42. The lowest BCUT2D eigenvalue weighted by atomic mass is 10.2. The van der Waals surface area contributed by atoms with Crippen LogP contribution in [-0.2, 0) is 0 Å². The maximum Gasteiger partial charge on any atom is 0.177 e. The van der Waals surface area contributed by atoms with Gasteiger partial charge in [0.1, 0.15) is 11.8 Å². The van der Waals surface area contributed by atoms with Crippen molar-refractivity contribution in [3.8, 4) is 17.9 Å². The smallest absolute Gasteiger partial charge is 0.177 e. The first-order valence-electron chi connectivity index (χ1n) is 5.18. The first-order chi connectivity index (χ1) is 8.62. The molecule has 0 aromatic heterocycles. The van der Waals surface area contributed by atoms with E-state index in [1.54, 1.807) is 43.3 Å². The molecular weight excluding hydrogens is 230 g/mol. The highest BCUT2D eigenvalue weighted by Gasteiger charge is 2.10. The largest absolute Gasteiger partial charge is 0.497 e. The number of aliphatic hydroxyl groups excluding tert-OH is 1. The number of methoxy groups -OCH3 is 1. The summed E-state index contributed by atoms with van der Waals surface area (Å²) in [6.07, 6.45) is 0.0195. The fourth-order valence-electron chi connectivity index (χ4n) is 1.33. The minimum atomic E-state index is -1.41. The van der Waals surface area contributed by atoms with Crippen LogP contribution in [0.2, 0.25) is 0 Å². The lowest BCUT2D eigenvalue weighted by molar-refractivity contribution is 0.270. The molecule has 0 amide bonds. The van der Waals surface area contributed by atoms with Crippen molar-refractivity contribution in [1.29, 1.82) is 10.5 Å². The highest BCUT2D eigenvalue weighted by Crippen LogP contribution is 2.19. The average molecular weight is 243 g/mol. The van der Waals surface area contributed by atoms with E-state index in [2.05, 4.69) is 0 Å². The summed E-state index contributed by atoms with van der Waals surface area (Å²) in [7, 11) is 3.30. The van der Waals surface area contributed by atoms with Gasteiger partial charge in [0.15, 0.2) is 6.10 Å². The van der Waals surface area contributed by atoms with E-state index in [1.165, 1.54) is 6.20 Å². The van der Waals surface area contributed by atoms with Crippen molar-refractivity contribution < 1.29 is 9.84 Å². The van der Waals surface area contributed by atoms with Crippen molar-refractivity contribution in [2.24, 2.45) is 0 Å². The van der Waals surface area contributed by atoms with Crippen LogP contribution in [0, 0.1) is 22.7 Å². The number of benzene rings is 1. The van der Waals surface area contributed by atoms with E-state index in [4.69, 9.17) is 15.3 Å². The summed E-state index contributed by atoms with van der Waals surface area (Å²) in [5, 5.41) is 26.7. The first-order valence-corrected chi connectivity index (χ1v) is 5.18. The van der Waals surface area contributed by atoms with Crippen LogP contribution in [0.4, 0.5) is 5.69 Å². The maximum absolute atomic E-state index is 9.30. The van der Waals surface area contributed by atoms with Gasteiger partial charge in [-0.05, 0) is 24.3 Å². The molecule has 0 bridgehead atoms. The van der Waals surface area contributed by atoms with Crippen LogP contribution in [0.5, 0.6) is 5.75 Å². The van der Waals surface area contributed by atoms with Gasteiger partial charge in [0.25, 0.3) is 0 Å². The molecule has 0 radical (unpaired) electrons. The third kappa shape index (κ3) is 3.24. The minimum absolute atomic E-state index is 0.00387. The molecule has 18 heavy (non-hydrogen) atoms. The van der Waals surface area contributed by atoms with Crippen LogP contribution in [0.1, 0.15) is 0 Å². The summed E-state index contributed by atoms with van der Waals surface area (Å²) in [5.74, 6) is 0.730. The van der Waals surface area contributed by atoms with Gasteiger partial charge in [-0.2, -0.15) is 10.5 Å². The molecule has 1 aromatic rings. The van der Waals surface area contributed by atoms with E-state index in [1.807, 2.05) is 12.1 Å². The fourth-order valence-corrected chi connectivity index (χ4v) is 1.33. The molecule has 0 saturated heterocycles. The second kappa shape index (κ2) is 6.29. The molecule has 0 aliphatic heterocycles. The number of rotatable bonds is 4. The molecule has 0 saturated carbocycles. The molecule has 0 spiro atoms. The van der Waals surface area contributed by atoms with Crippen molar-refractivity contribution in [1.82, 2.24) is 0 Å².